The SMILES string of the molecule is O=C(O)c1nnn(Cc2ccoc2)c1-c1cccnc1. The molecule has 20 heavy (non-hydrogen) atoms. The zero-order valence-electron chi connectivity index (χ0n) is 10.3. The molecule has 100 valence electrons. The minimum atomic E-state index is -1.12. The fourth-order valence-electron chi connectivity index (χ4n) is 1.91. The zero-order chi connectivity index (χ0) is 13.9. The van der Waals surface area contributed by atoms with E-state index in [2.05, 4.69) is 15.3 Å². The number of carboxylic acid groups (broad SMARTS) is 1. The van der Waals surface area contributed by atoms with Crippen LogP contribution in [0, 0.1) is 0 Å². The Labute approximate surface area is 113 Å². The lowest BCUT2D eigenvalue weighted by Crippen LogP contribution is -2.05. The molecule has 0 radical (unpaired) electrons. The molecular formula is C13H10N4O3. The van der Waals surface area contributed by atoms with Gasteiger partial charge in [-0.3, -0.25) is 4.98 Å². The van der Waals surface area contributed by atoms with Crippen LogP contribution in [0.1, 0.15) is 16.1 Å². The lowest BCUT2D eigenvalue weighted by molar-refractivity contribution is 0.0691. The number of pyridine rings is 1. The van der Waals surface area contributed by atoms with Crippen molar-refractivity contribution in [2.75, 3.05) is 0 Å². The Morgan fingerprint density at radius 1 is 1.40 bits per heavy atom. The van der Waals surface area contributed by atoms with Gasteiger partial charge in [-0.2, -0.15) is 0 Å². The number of carboxylic acids is 1. The third-order valence-electron chi connectivity index (χ3n) is 2.79. The Morgan fingerprint density at radius 3 is 2.95 bits per heavy atom. The van der Waals surface area contributed by atoms with E-state index >= 15 is 0 Å². The first-order chi connectivity index (χ1) is 9.75. The summed E-state index contributed by atoms with van der Waals surface area (Å²) >= 11 is 0. The van der Waals surface area contributed by atoms with Crippen molar-refractivity contribution in [1.82, 2.24) is 20.0 Å². The molecule has 0 fully saturated rings. The predicted molar refractivity (Wildman–Crippen MR) is 68.0 cm³/mol. The van der Waals surface area contributed by atoms with Gasteiger partial charge in [-0.1, -0.05) is 5.21 Å². The van der Waals surface area contributed by atoms with Crippen molar-refractivity contribution in [2.45, 2.75) is 6.54 Å². The highest BCUT2D eigenvalue weighted by molar-refractivity contribution is 5.92. The van der Waals surface area contributed by atoms with E-state index in [0.29, 0.717) is 17.8 Å². The molecule has 0 amide bonds. The zero-order valence-corrected chi connectivity index (χ0v) is 10.3. The Bertz CT molecular complexity index is 719. The van der Waals surface area contributed by atoms with Gasteiger partial charge in [-0.15, -0.1) is 5.10 Å². The molecule has 7 nitrogen and oxygen atoms in total. The summed E-state index contributed by atoms with van der Waals surface area (Å²) in [6.07, 6.45) is 6.33. The first-order valence-electron chi connectivity index (χ1n) is 5.84. The molecule has 0 aliphatic heterocycles. The topological polar surface area (TPSA) is 94.0 Å². The van der Waals surface area contributed by atoms with Gasteiger partial charge in [0.15, 0.2) is 5.69 Å². The molecule has 0 bridgehead atoms. The van der Waals surface area contributed by atoms with Crippen LogP contribution in [-0.4, -0.2) is 31.1 Å². The first kappa shape index (κ1) is 12.1. The summed E-state index contributed by atoms with van der Waals surface area (Å²) in [4.78, 5) is 15.3. The van der Waals surface area contributed by atoms with Gasteiger partial charge < -0.3 is 9.52 Å². The van der Waals surface area contributed by atoms with Crippen LogP contribution >= 0.6 is 0 Å². The molecule has 0 saturated heterocycles. The van der Waals surface area contributed by atoms with Crippen molar-refractivity contribution in [3.63, 3.8) is 0 Å². The van der Waals surface area contributed by atoms with E-state index in [1.807, 2.05) is 0 Å². The summed E-state index contributed by atoms with van der Waals surface area (Å²) in [6, 6.07) is 5.29. The van der Waals surface area contributed by atoms with Crippen molar-refractivity contribution in [2.24, 2.45) is 0 Å². The number of furan rings is 1. The summed E-state index contributed by atoms with van der Waals surface area (Å²) in [5, 5.41) is 16.8. The van der Waals surface area contributed by atoms with Crippen molar-refractivity contribution >= 4 is 5.97 Å². The van der Waals surface area contributed by atoms with Gasteiger partial charge >= 0.3 is 5.97 Å². The number of hydrogen-bond acceptors (Lipinski definition) is 5. The Balaban J connectivity index is 2.09. The number of rotatable bonds is 4. The van der Waals surface area contributed by atoms with Gasteiger partial charge in [-0.05, 0) is 18.2 Å². The molecule has 0 unspecified atom stereocenters. The van der Waals surface area contributed by atoms with E-state index in [1.54, 1.807) is 43.1 Å². The van der Waals surface area contributed by atoms with Gasteiger partial charge in [-0.25, -0.2) is 9.48 Å². The Kier molecular flexibility index (Phi) is 3.00. The monoisotopic (exact) mass is 270 g/mol. The minimum Gasteiger partial charge on any atom is -0.476 e. The maximum atomic E-state index is 11.3. The van der Waals surface area contributed by atoms with Crippen LogP contribution in [0.5, 0.6) is 0 Å². The van der Waals surface area contributed by atoms with Crippen LogP contribution in [0.4, 0.5) is 0 Å². The number of carbonyl (C=O) groups is 1. The highest BCUT2D eigenvalue weighted by Gasteiger charge is 2.20. The van der Waals surface area contributed by atoms with E-state index < -0.39 is 5.97 Å². The second-order valence-corrected chi connectivity index (χ2v) is 4.12. The van der Waals surface area contributed by atoms with E-state index in [0.717, 1.165) is 5.56 Å². The number of aromatic nitrogens is 4. The average molecular weight is 270 g/mol. The normalized spacial score (nSPS) is 10.6. The van der Waals surface area contributed by atoms with Crippen molar-refractivity contribution in [1.29, 1.82) is 0 Å². The second-order valence-electron chi connectivity index (χ2n) is 4.12. The number of hydrogen-bond donors (Lipinski definition) is 1. The summed E-state index contributed by atoms with van der Waals surface area (Å²) in [5.41, 5.74) is 1.85. The van der Waals surface area contributed by atoms with E-state index in [9.17, 15) is 9.90 Å². The molecular weight excluding hydrogens is 260 g/mol. The second kappa shape index (κ2) is 4.96. The maximum Gasteiger partial charge on any atom is 0.358 e. The molecule has 0 spiro atoms. The van der Waals surface area contributed by atoms with Crippen LogP contribution in [0.2, 0.25) is 0 Å². The van der Waals surface area contributed by atoms with Gasteiger partial charge in [0, 0.05) is 23.5 Å². The Hall–Kier alpha value is -2.96. The summed E-state index contributed by atoms with van der Waals surface area (Å²) in [5.74, 6) is -1.12. The highest BCUT2D eigenvalue weighted by atomic mass is 16.4. The number of nitrogens with zero attached hydrogens (tertiary/aromatic N) is 4. The molecule has 0 saturated carbocycles. The molecule has 0 aliphatic carbocycles. The van der Waals surface area contributed by atoms with Crippen LogP contribution in [0.15, 0.2) is 47.5 Å². The molecule has 0 aromatic carbocycles. The molecule has 0 atom stereocenters. The summed E-state index contributed by atoms with van der Waals surface area (Å²) < 4.78 is 6.52. The average Bonchev–Trinajstić information content (AvgIpc) is 3.09. The maximum absolute atomic E-state index is 11.3. The lowest BCUT2D eigenvalue weighted by atomic mass is 10.1. The third-order valence-corrected chi connectivity index (χ3v) is 2.79. The fourth-order valence-corrected chi connectivity index (χ4v) is 1.91. The van der Waals surface area contributed by atoms with Gasteiger partial charge in [0.1, 0.15) is 5.69 Å². The first-order valence-corrected chi connectivity index (χ1v) is 5.84. The molecule has 3 aromatic rings. The highest BCUT2D eigenvalue weighted by Crippen LogP contribution is 2.22. The Morgan fingerprint density at radius 2 is 2.30 bits per heavy atom. The molecule has 1 N–H and O–H groups in total. The third kappa shape index (κ3) is 2.16. The minimum absolute atomic E-state index is 0.0958. The quantitative estimate of drug-likeness (QED) is 0.775. The van der Waals surface area contributed by atoms with E-state index in [4.69, 9.17) is 4.42 Å². The summed E-state index contributed by atoms with van der Waals surface area (Å²) in [7, 11) is 0. The van der Waals surface area contributed by atoms with Gasteiger partial charge in [0.25, 0.3) is 0 Å². The van der Waals surface area contributed by atoms with Gasteiger partial charge in [0.2, 0.25) is 0 Å². The molecule has 3 heterocycles. The largest absolute Gasteiger partial charge is 0.476 e. The standard InChI is InChI=1S/C13H10N4O3/c18-13(19)11-12(10-2-1-4-14-6-10)17(16-15-11)7-9-3-5-20-8-9/h1-6,8H,7H2,(H,18,19). The van der Waals surface area contributed by atoms with Crippen molar-refractivity contribution in [3.8, 4) is 11.3 Å². The van der Waals surface area contributed by atoms with Gasteiger partial charge in [0.05, 0.1) is 19.1 Å². The van der Waals surface area contributed by atoms with E-state index in [1.165, 1.54) is 4.68 Å². The molecule has 7 heteroatoms. The van der Waals surface area contributed by atoms with Crippen LogP contribution in [0.25, 0.3) is 11.3 Å². The number of aromatic carboxylic acids is 1. The summed E-state index contributed by atoms with van der Waals surface area (Å²) in [6.45, 7) is 0.376. The molecule has 3 aromatic heterocycles. The van der Waals surface area contributed by atoms with Crippen molar-refractivity contribution < 1.29 is 14.3 Å². The fraction of sp³-hybridized carbons (Fsp3) is 0.0769. The lowest BCUT2D eigenvalue weighted by Gasteiger charge is -2.05. The smallest absolute Gasteiger partial charge is 0.358 e. The van der Waals surface area contributed by atoms with E-state index in [-0.39, 0.29) is 5.69 Å². The van der Waals surface area contributed by atoms with Crippen LogP contribution in [-0.2, 0) is 6.54 Å². The molecule has 0 aliphatic rings. The van der Waals surface area contributed by atoms with Crippen LogP contribution < -0.4 is 0 Å². The van der Waals surface area contributed by atoms with Crippen LogP contribution in [0.3, 0.4) is 0 Å². The predicted octanol–water partition coefficient (Wildman–Crippen LogP) is 1.68. The molecule has 3 rings (SSSR count). The van der Waals surface area contributed by atoms with Crippen molar-refractivity contribution in [3.05, 3.63) is 54.4 Å².